The summed E-state index contributed by atoms with van der Waals surface area (Å²) in [5.74, 6) is 0.983. The van der Waals surface area contributed by atoms with Gasteiger partial charge >= 0.3 is 0 Å². The fraction of sp³-hybridized carbons (Fsp3) is 0.286. The van der Waals surface area contributed by atoms with Gasteiger partial charge in [0.15, 0.2) is 0 Å². The van der Waals surface area contributed by atoms with Crippen molar-refractivity contribution in [2.45, 2.75) is 26.2 Å². The summed E-state index contributed by atoms with van der Waals surface area (Å²) in [5.41, 5.74) is 1.38. The Kier molecular flexibility index (Phi) is 3.21. The summed E-state index contributed by atoms with van der Waals surface area (Å²) in [5, 5.41) is 17.6. The summed E-state index contributed by atoms with van der Waals surface area (Å²) < 4.78 is 9.31. The van der Waals surface area contributed by atoms with Crippen LogP contribution >= 0.6 is 11.5 Å². The van der Waals surface area contributed by atoms with Crippen molar-refractivity contribution >= 4 is 11.5 Å². The van der Waals surface area contributed by atoms with Crippen molar-refractivity contribution in [1.29, 1.82) is 0 Å². The number of nitrogens with zero attached hydrogens (tertiary/aromatic N) is 4. The molecule has 0 atom stereocenters. The lowest BCUT2D eigenvalue weighted by Crippen LogP contribution is -2.13. The lowest BCUT2D eigenvalue weighted by molar-refractivity contribution is 0.431. The zero-order valence-electron chi connectivity index (χ0n) is 11.9. The summed E-state index contributed by atoms with van der Waals surface area (Å²) in [4.78, 5) is 5.16. The van der Waals surface area contributed by atoms with Crippen LogP contribution in [-0.2, 0) is 5.41 Å². The summed E-state index contributed by atoms with van der Waals surface area (Å²) in [6.45, 7) is 6.17. The number of rotatable bonds is 2. The van der Waals surface area contributed by atoms with Crippen molar-refractivity contribution in [2.24, 2.45) is 0 Å². The standard InChI is InChI=1S/C14H14N4O2S/c1-14(2,3)11-10(21-18-16-11)13-15-12(17-20-13)8-5-4-6-9(19)7-8/h4-7,19H,1-3H3. The number of aromatic hydroxyl groups is 1. The average molecular weight is 302 g/mol. The topological polar surface area (TPSA) is 84.9 Å². The molecule has 3 aromatic rings. The molecule has 2 heterocycles. The molecule has 0 aliphatic carbocycles. The minimum absolute atomic E-state index is 0.151. The van der Waals surface area contributed by atoms with E-state index in [1.54, 1.807) is 18.2 Å². The van der Waals surface area contributed by atoms with Crippen molar-refractivity contribution < 1.29 is 9.63 Å². The quantitative estimate of drug-likeness (QED) is 0.782. The van der Waals surface area contributed by atoms with Crippen LogP contribution in [0.1, 0.15) is 26.5 Å². The van der Waals surface area contributed by atoms with Gasteiger partial charge in [0.2, 0.25) is 5.82 Å². The fourth-order valence-electron chi connectivity index (χ4n) is 1.90. The predicted molar refractivity (Wildman–Crippen MR) is 79.0 cm³/mol. The zero-order valence-corrected chi connectivity index (χ0v) is 12.7. The lowest BCUT2D eigenvalue weighted by Gasteiger charge is -2.14. The van der Waals surface area contributed by atoms with Crippen LogP contribution in [0.15, 0.2) is 28.8 Å². The highest BCUT2D eigenvalue weighted by Crippen LogP contribution is 2.34. The Balaban J connectivity index is 2.02. The van der Waals surface area contributed by atoms with Crippen molar-refractivity contribution in [3.05, 3.63) is 30.0 Å². The van der Waals surface area contributed by atoms with Crippen LogP contribution in [0.25, 0.3) is 22.2 Å². The average Bonchev–Trinajstić information content (AvgIpc) is 3.07. The Morgan fingerprint density at radius 1 is 1.24 bits per heavy atom. The first kappa shape index (κ1) is 13.7. The second-order valence-electron chi connectivity index (χ2n) is 5.67. The first-order chi connectivity index (χ1) is 9.95. The Morgan fingerprint density at radius 2 is 2.05 bits per heavy atom. The van der Waals surface area contributed by atoms with Crippen LogP contribution in [0, 0.1) is 0 Å². The van der Waals surface area contributed by atoms with Crippen LogP contribution < -0.4 is 0 Å². The summed E-state index contributed by atoms with van der Waals surface area (Å²) in [6, 6.07) is 6.72. The molecular weight excluding hydrogens is 288 g/mol. The highest BCUT2D eigenvalue weighted by molar-refractivity contribution is 7.09. The van der Waals surface area contributed by atoms with E-state index in [-0.39, 0.29) is 11.2 Å². The molecule has 0 saturated heterocycles. The number of hydrogen-bond donors (Lipinski definition) is 1. The maximum Gasteiger partial charge on any atom is 0.271 e. The van der Waals surface area contributed by atoms with Gasteiger partial charge in [0.1, 0.15) is 10.6 Å². The third-order valence-corrected chi connectivity index (χ3v) is 3.64. The molecule has 0 aliphatic heterocycles. The summed E-state index contributed by atoms with van der Waals surface area (Å²) in [6.07, 6.45) is 0. The number of benzene rings is 1. The predicted octanol–water partition coefficient (Wildman–Crippen LogP) is 3.26. The minimum Gasteiger partial charge on any atom is -0.508 e. The normalized spacial score (nSPS) is 11.8. The smallest absolute Gasteiger partial charge is 0.271 e. The van der Waals surface area contributed by atoms with Crippen molar-refractivity contribution in [1.82, 2.24) is 19.7 Å². The molecule has 1 aromatic carbocycles. The first-order valence-electron chi connectivity index (χ1n) is 6.41. The number of phenols is 1. The molecule has 0 aliphatic rings. The number of hydrogen-bond acceptors (Lipinski definition) is 7. The molecule has 0 unspecified atom stereocenters. The van der Waals surface area contributed by atoms with Gasteiger partial charge in [-0.3, -0.25) is 0 Å². The maximum absolute atomic E-state index is 9.51. The SMILES string of the molecule is CC(C)(C)c1nnsc1-c1nc(-c2cccc(O)c2)no1. The van der Waals surface area contributed by atoms with Crippen molar-refractivity contribution in [3.8, 4) is 27.9 Å². The Labute approximate surface area is 125 Å². The van der Waals surface area contributed by atoms with E-state index in [4.69, 9.17) is 4.52 Å². The van der Waals surface area contributed by atoms with Crippen LogP contribution in [0.3, 0.4) is 0 Å². The van der Waals surface area contributed by atoms with Gasteiger partial charge in [-0.15, -0.1) is 5.10 Å². The van der Waals surface area contributed by atoms with Gasteiger partial charge in [0.05, 0.1) is 5.69 Å². The van der Waals surface area contributed by atoms with E-state index in [1.165, 1.54) is 11.5 Å². The Bertz CT molecular complexity index is 773. The molecule has 0 bridgehead atoms. The Morgan fingerprint density at radius 3 is 2.76 bits per heavy atom. The first-order valence-corrected chi connectivity index (χ1v) is 7.19. The van der Waals surface area contributed by atoms with Gasteiger partial charge in [-0.2, -0.15) is 4.98 Å². The van der Waals surface area contributed by atoms with Gasteiger partial charge in [0, 0.05) is 11.0 Å². The minimum atomic E-state index is -0.151. The van der Waals surface area contributed by atoms with Gasteiger partial charge in [-0.05, 0) is 23.7 Å². The molecule has 6 nitrogen and oxygen atoms in total. The second kappa shape index (κ2) is 4.92. The molecular formula is C14H14N4O2S. The second-order valence-corrected chi connectivity index (χ2v) is 6.43. The molecule has 3 rings (SSSR count). The van der Waals surface area contributed by atoms with E-state index in [2.05, 4.69) is 40.5 Å². The van der Waals surface area contributed by atoms with E-state index in [1.807, 2.05) is 6.07 Å². The number of phenolic OH excluding ortho intramolecular Hbond substituents is 1. The highest BCUT2D eigenvalue weighted by atomic mass is 32.1. The van der Waals surface area contributed by atoms with E-state index in [0.717, 1.165) is 10.6 Å². The molecule has 0 radical (unpaired) electrons. The molecule has 21 heavy (non-hydrogen) atoms. The molecule has 7 heteroatoms. The monoisotopic (exact) mass is 302 g/mol. The van der Waals surface area contributed by atoms with E-state index >= 15 is 0 Å². The molecule has 108 valence electrons. The molecule has 0 spiro atoms. The maximum atomic E-state index is 9.51. The summed E-state index contributed by atoms with van der Waals surface area (Å²) in [7, 11) is 0. The van der Waals surface area contributed by atoms with Gasteiger partial charge in [0.25, 0.3) is 5.89 Å². The van der Waals surface area contributed by atoms with Crippen LogP contribution in [0.2, 0.25) is 0 Å². The Hall–Kier alpha value is -2.28. The van der Waals surface area contributed by atoms with Gasteiger partial charge < -0.3 is 9.63 Å². The molecule has 1 N–H and O–H groups in total. The summed E-state index contributed by atoms with van der Waals surface area (Å²) >= 11 is 1.23. The van der Waals surface area contributed by atoms with E-state index in [0.29, 0.717) is 17.3 Å². The van der Waals surface area contributed by atoms with Crippen LogP contribution in [-0.4, -0.2) is 24.8 Å². The van der Waals surface area contributed by atoms with Gasteiger partial charge in [-0.1, -0.05) is 42.5 Å². The van der Waals surface area contributed by atoms with E-state index in [9.17, 15) is 5.11 Å². The third-order valence-electron chi connectivity index (χ3n) is 2.92. The molecule has 0 amide bonds. The molecule has 0 fully saturated rings. The van der Waals surface area contributed by atoms with Crippen molar-refractivity contribution in [2.75, 3.05) is 0 Å². The highest BCUT2D eigenvalue weighted by Gasteiger charge is 2.26. The molecule has 0 saturated carbocycles. The lowest BCUT2D eigenvalue weighted by atomic mass is 9.91. The molecule has 2 aromatic heterocycles. The largest absolute Gasteiger partial charge is 0.508 e. The van der Waals surface area contributed by atoms with Crippen LogP contribution in [0.5, 0.6) is 5.75 Å². The van der Waals surface area contributed by atoms with Crippen LogP contribution in [0.4, 0.5) is 0 Å². The van der Waals surface area contributed by atoms with E-state index < -0.39 is 0 Å². The van der Waals surface area contributed by atoms with Gasteiger partial charge in [-0.25, -0.2) is 0 Å². The third kappa shape index (κ3) is 2.64. The fourth-order valence-corrected chi connectivity index (χ4v) is 2.70. The number of aromatic nitrogens is 4. The van der Waals surface area contributed by atoms with Crippen molar-refractivity contribution in [3.63, 3.8) is 0 Å². The zero-order chi connectivity index (χ0) is 15.0.